The van der Waals surface area contributed by atoms with Crippen molar-refractivity contribution in [3.05, 3.63) is 64.6 Å². The van der Waals surface area contributed by atoms with Gasteiger partial charge in [-0.1, -0.05) is 36.7 Å². The quantitative estimate of drug-likeness (QED) is 0.621. The van der Waals surface area contributed by atoms with Crippen LogP contribution in [-0.4, -0.2) is 17.5 Å². The lowest BCUT2D eigenvalue weighted by atomic mass is 10.2. The summed E-state index contributed by atoms with van der Waals surface area (Å²) in [6, 6.07) is 14.8. The fraction of sp³-hybridized carbons (Fsp3) is 0.158. The average Bonchev–Trinajstić information content (AvgIpc) is 3.11. The van der Waals surface area contributed by atoms with Gasteiger partial charge in [-0.2, -0.15) is 0 Å². The SMILES string of the molecule is CCCOc1ccc(-c2nc(C(=O)Nc3ccccc3)cs2)c(Cl)c1. The van der Waals surface area contributed by atoms with Crippen molar-refractivity contribution in [3.8, 4) is 16.3 Å². The predicted octanol–water partition coefficient (Wildman–Crippen LogP) is 5.50. The molecule has 2 aromatic carbocycles. The number of benzene rings is 2. The summed E-state index contributed by atoms with van der Waals surface area (Å²) >= 11 is 7.73. The van der Waals surface area contributed by atoms with Crippen LogP contribution in [0.1, 0.15) is 23.8 Å². The van der Waals surface area contributed by atoms with Gasteiger partial charge in [0.2, 0.25) is 0 Å². The second-order valence-corrected chi connectivity index (χ2v) is 6.61. The number of carbonyl (C=O) groups excluding carboxylic acids is 1. The Bertz CT molecular complexity index is 865. The van der Waals surface area contributed by atoms with Gasteiger partial charge in [-0.25, -0.2) is 4.98 Å². The van der Waals surface area contributed by atoms with Crippen molar-refractivity contribution in [3.63, 3.8) is 0 Å². The molecule has 6 heteroatoms. The number of hydrogen-bond acceptors (Lipinski definition) is 4. The highest BCUT2D eigenvalue weighted by atomic mass is 35.5. The summed E-state index contributed by atoms with van der Waals surface area (Å²) in [6.07, 6.45) is 0.936. The molecule has 128 valence electrons. The minimum absolute atomic E-state index is 0.243. The number of nitrogens with zero attached hydrogens (tertiary/aromatic N) is 1. The molecule has 3 aromatic rings. The largest absolute Gasteiger partial charge is 0.494 e. The van der Waals surface area contributed by atoms with Crippen LogP contribution in [0.4, 0.5) is 5.69 Å². The molecule has 4 nitrogen and oxygen atoms in total. The van der Waals surface area contributed by atoms with Crippen LogP contribution in [-0.2, 0) is 0 Å². The fourth-order valence-corrected chi connectivity index (χ4v) is 3.35. The highest BCUT2D eigenvalue weighted by Gasteiger charge is 2.14. The normalized spacial score (nSPS) is 10.5. The van der Waals surface area contributed by atoms with Gasteiger partial charge in [-0.3, -0.25) is 4.79 Å². The van der Waals surface area contributed by atoms with Crippen molar-refractivity contribution in [2.75, 3.05) is 11.9 Å². The van der Waals surface area contributed by atoms with E-state index in [0.29, 0.717) is 22.3 Å². The number of carbonyl (C=O) groups is 1. The number of ether oxygens (including phenoxy) is 1. The number of nitrogens with one attached hydrogen (secondary N) is 1. The number of anilines is 1. The molecule has 0 spiro atoms. The standard InChI is InChI=1S/C19H17ClN2O2S/c1-2-10-24-14-8-9-15(16(20)11-14)19-22-17(12-25-19)18(23)21-13-6-4-3-5-7-13/h3-9,11-12H,2,10H2,1H3,(H,21,23). The number of thiazole rings is 1. The fourth-order valence-electron chi connectivity index (χ4n) is 2.20. The number of rotatable bonds is 6. The molecular formula is C19H17ClN2O2S. The second kappa shape index (κ2) is 8.14. The van der Waals surface area contributed by atoms with E-state index < -0.39 is 0 Å². The number of aromatic nitrogens is 1. The van der Waals surface area contributed by atoms with Crippen LogP contribution in [0, 0.1) is 0 Å². The molecule has 0 saturated carbocycles. The molecule has 0 bridgehead atoms. The van der Waals surface area contributed by atoms with Gasteiger partial charge in [0.25, 0.3) is 5.91 Å². The van der Waals surface area contributed by atoms with Crippen molar-refractivity contribution in [1.29, 1.82) is 0 Å². The van der Waals surface area contributed by atoms with Crippen LogP contribution in [0.25, 0.3) is 10.6 Å². The van der Waals surface area contributed by atoms with Crippen LogP contribution in [0.3, 0.4) is 0 Å². The van der Waals surface area contributed by atoms with Crippen molar-refractivity contribution < 1.29 is 9.53 Å². The number of amides is 1. The minimum Gasteiger partial charge on any atom is -0.494 e. The third-order valence-electron chi connectivity index (χ3n) is 3.41. The van der Waals surface area contributed by atoms with E-state index in [9.17, 15) is 4.79 Å². The molecular weight excluding hydrogens is 356 g/mol. The van der Waals surface area contributed by atoms with E-state index in [0.717, 1.165) is 23.4 Å². The lowest BCUT2D eigenvalue weighted by molar-refractivity contribution is 0.102. The van der Waals surface area contributed by atoms with Gasteiger partial charge in [-0.15, -0.1) is 11.3 Å². The van der Waals surface area contributed by atoms with Gasteiger partial charge in [0.05, 0.1) is 11.6 Å². The van der Waals surface area contributed by atoms with Gasteiger partial charge in [-0.05, 0) is 36.8 Å². The molecule has 0 aliphatic rings. The van der Waals surface area contributed by atoms with E-state index in [2.05, 4.69) is 10.3 Å². The molecule has 3 rings (SSSR count). The van der Waals surface area contributed by atoms with Gasteiger partial charge in [0.15, 0.2) is 0 Å². The van der Waals surface area contributed by atoms with Crippen LogP contribution >= 0.6 is 22.9 Å². The zero-order valence-corrected chi connectivity index (χ0v) is 15.2. The van der Waals surface area contributed by atoms with Crippen LogP contribution in [0.2, 0.25) is 5.02 Å². The van der Waals surface area contributed by atoms with Crippen molar-refractivity contribution >= 4 is 34.5 Å². The summed E-state index contributed by atoms with van der Waals surface area (Å²) in [5.74, 6) is 0.488. The monoisotopic (exact) mass is 372 g/mol. The first kappa shape index (κ1) is 17.5. The molecule has 1 aromatic heterocycles. The summed E-state index contributed by atoms with van der Waals surface area (Å²) in [5.41, 5.74) is 1.89. The highest BCUT2D eigenvalue weighted by Crippen LogP contribution is 2.33. The van der Waals surface area contributed by atoms with Crippen LogP contribution in [0.15, 0.2) is 53.9 Å². The first-order valence-corrected chi connectivity index (χ1v) is 9.18. The third-order valence-corrected chi connectivity index (χ3v) is 4.60. The highest BCUT2D eigenvalue weighted by molar-refractivity contribution is 7.13. The first-order valence-electron chi connectivity index (χ1n) is 7.92. The Balaban J connectivity index is 1.76. The van der Waals surface area contributed by atoms with E-state index in [1.807, 2.05) is 49.4 Å². The Morgan fingerprint density at radius 3 is 2.76 bits per heavy atom. The minimum atomic E-state index is -0.243. The van der Waals surface area contributed by atoms with E-state index in [4.69, 9.17) is 16.3 Å². The van der Waals surface area contributed by atoms with Gasteiger partial charge in [0, 0.05) is 16.6 Å². The molecule has 0 unspecified atom stereocenters. The summed E-state index contributed by atoms with van der Waals surface area (Å²) in [4.78, 5) is 16.7. The zero-order valence-electron chi connectivity index (χ0n) is 13.7. The second-order valence-electron chi connectivity index (χ2n) is 5.35. The molecule has 1 N–H and O–H groups in total. The van der Waals surface area contributed by atoms with Gasteiger partial charge in [0.1, 0.15) is 16.5 Å². The van der Waals surface area contributed by atoms with E-state index in [1.54, 1.807) is 11.4 Å². The molecule has 0 saturated heterocycles. The van der Waals surface area contributed by atoms with Gasteiger partial charge >= 0.3 is 0 Å². The molecule has 0 aliphatic heterocycles. The summed E-state index contributed by atoms with van der Waals surface area (Å²) in [6.45, 7) is 2.70. The molecule has 0 aliphatic carbocycles. The van der Waals surface area contributed by atoms with Crippen LogP contribution in [0.5, 0.6) is 5.75 Å². The predicted molar refractivity (Wildman–Crippen MR) is 103 cm³/mol. The van der Waals surface area contributed by atoms with E-state index in [-0.39, 0.29) is 5.91 Å². The maximum Gasteiger partial charge on any atom is 0.275 e. The van der Waals surface area contributed by atoms with Crippen LogP contribution < -0.4 is 10.1 Å². The Labute approximate surface area is 155 Å². The Morgan fingerprint density at radius 2 is 2.04 bits per heavy atom. The molecule has 0 fully saturated rings. The number of halogens is 1. The summed E-state index contributed by atoms with van der Waals surface area (Å²) in [5, 5.41) is 5.80. The summed E-state index contributed by atoms with van der Waals surface area (Å²) < 4.78 is 5.57. The number of para-hydroxylation sites is 1. The maximum absolute atomic E-state index is 12.3. The Hall–Kier alpha value is -2.37. The van der Waals surface area contributed by atoms with Gasteiger partial charge < -0.3 is 10.1 Å². The van der Waals surface area contributed by atoms with Crippen molar-refractivity contribution in [2.24, 2.45) is 0 Å². The average molecular weight is 373 g/mol. The number of hydrogen-bond donors (Lipinski definition) is 1. The summed E-state index contributed by atoms with van der Waals surface area (Å²) in [7, 11) is 0. The Kier molecular flexibility index (Phi) is 5.68. The molecule has 1 heterocycles. The first-order chi connectivity index (χ1) is 12.2. The topological polar surface area (TPSA) is 51.2 Å². The zero-order chi connectivity index (χ0) is 17.6. The van der Waals surface area contributed by atoms with E-state index in [1.165, 1.54) is 11.3 Å². The Morgan fingerprint density at radius 1 is 1.24 bits per heavy atom. The maximum atomic E-state index is 12.3. The van der Waals surface area contributed by atoms with E-state index >= 15 is 0 Å². The molecule has 0 atom stereocenters. The molecule has 1 amide bonds. The molecule has 25 heavy (non-hydrogen) atoms. The third kappa shape index (κ3) is 4.38. The smallest absolute Gasteiger partial charge is 0.275 e. The lowest BCUT2D eigenvalue weighted by Crippen LogP contribution is -2.12. The molecule has 0 radical (unpaired) electrons. The van der Waals surface area contributed by atoms with Crippen molar-refractivity contribution in [2.45, 2.75) is 13.3 Å². The van der Waals surface area contributed by atoms with Crippen molar-refractivity contribution in [1.82, 2.24) is 4.98 Å². The lowest BCUT2D eigenvalue weighted by Gasteiger charge is -2.07.